The molecule has 19 heavy (non-hydrogen) atoms. The summed E-state index contributed by atoms with van der Waals surface area (Å²) in [5, 5.41) is 3.19. The highest BCUT2D eigenvalue weighted by molar-refractivity contribution is 5.77. The lowest BCUT2D eigenvalue weighted by molar-refractivity contribution is -0.128. The molecular weight excluding hydrogens is 240 g/mol. The second kappa shape index (κ2) is 8.67. The van der Waals surface area contributed by atoms with Crippen molar-refractivity contribution in [2.75, 3.05) is 26.7 Å². The number of rotatable bonds is 8. The third kappa shape index (κ3) is 5.41. The van der Waals surface area contributed by atoms with Crippen molar-refractivity contribution in [3.8, 4) is 0 Å². The Balaban J connectivity index is 2.46. The topological polar surface area (TPSA) is 41.6 Å². The summed E-state index contributed by atoms with van der Waals surface area (Å²) < 4.78 is 5.44. The summed E-state index contributed by atoms with van der Waals surface area (Å²) >= 11 is 0. The molecule has 0 atom stereocenters. The number of amides is 1. The van der Waals surface area contributed by atoms with Gasteiger partial charge in [-0.3, -0.25) is 4.79 Å². The van der Waals surface area contributed by atoms with Gasteiger partial charge in [-0.25, -0.2) is 0 Å². The third-order valence-corrected chi connectivity index (χ3v) is 3.07. The van der Waals surface area contributed by atoms with Crippen molar-refractivity contribution in [3.05, 3.63) is 35.4 Å². The molecular formula is C15H24N2O2. The Morgan fingerprint density at radius 1 is 1.26 bits per heavy atom. The molecule has 106 valence electrons. The van der Waals surface area contributed by atoms with Gasteiger partial charge < -0.3 is 15.0 Å². The van der Waals surface area contributed by atoms with Crippen LogP contribution in [0.2, 0.25) is 0 Å². The maximum Gasteiger partial charge on any atom is 0.236 e. The van der Waals surface area contributed by atoms with Gasteiger partial charge in [0.25, 0.3) is 0 Å². The number of hydrogen-bond acceptors (Lipinski definition) is 3. The number of ether oxygens (including phenoxy) is 1. The van der Waals surface area contributed by atoms with Gasteiger partial charge in [-0.2, -0.15) is 0 Å². The van der Waals surface area contributed by atoms with E-state index >= 15 is 0 Å². The lowest BCUT2D eigenvalue weighted by atomic mass is 10.1. The number of likely N-dealkylation sites (N-methyl/N-ethyl adjacent to an activating group) is 1. The highest BCUT2D eigenvalue weighted by Crippen LogP contribution is 2.09. The van der Waals surface area contributed by atoms with Crippen molar-refractivity contribution in [1.82, 2.24) is 10.2 Å². The van der Waals surface area contributed by atoms with E-state index in [1.807, 2.05) is 33.0 Å². The molecule has 0 fully saturated rings. The Morgan fingerprint density at radius 3 is 2.58 bits per heavy atom. The van der Waals surface area contributed by atoms with Gasteiger partial charge in [-0.05, 0) is 25.0 Å². The van der Waals surface area contributed by atoms with Crippen LogP contribution in [0.1, 0.15) is 25.0 Å². The molecule has 4 heteroatoms. The lowest BCUT2D eigenvalue weighted by Gasteiger charge is -2.15. The van der Waals surface area contributed by atoms with E-state index in [1.165, 1.54) is 11.1 Å². The molecule has 0 bridgehead atoms. The molecule has 1 N–H and O–H groups in total. The van der Waals surface area contributed by atoms with Crippen molar-refractivity contribution in [1.29, 1.82) is 0 Å². The minimum Gasteiger partial charge on any atom is -0.377 e. The quantitative estimate of drug-likeness (QED) is 0.778. The van der Waals surface area contributed by atoms with E-state index in [1.54, 1.807) is 4.90 Å². The summed E-state index contributed by atoms with van der Waals surface area (Å²) in [6.45, 7) is 7.08. The fourth-order valence-corrected chi connectivity index (χ4v) is 1.70. The van der Waals surface area contributed by atoms with Gasteiger partial charge in [0.05, 0.1) is 13.2 Å². The first kappa shape index (κ1) is 15.7. The Kier molecular flexibility index (Phi) is 7.15. The second-order valence-electron chi connectivity index (χ2n) is 4.42. The molecule has 1 amide bonds. The van der Waals surface area contributed by atoms with E-state index < -0.39 is 0 Å². The molecule has 0 aromatic heterocycles. The summed E-state index contributed by atoms with van der Waals surface area (Å²) in [4.78, 5) is 13.4. The maximum atomic E-state index is 11.7. The standard InChI is InChI=1S/C15H24N2O2/c1-4-17(3)15(18)11-16-10-13-8-6-7-9-14(13)12-19-5-2/h6-9,16H,4-5,10-12H2,1-3H3. The smallest absolute Gasteiger partial charge is 0.236 e. The normalized spacial score (nSPS) is 10.5. The molecule has 0 spiro atoms. The third-order valence-electron chi connectivity index (χ3n) is 3.07. The van der Waals surface area contributed by atoms with E-state index in [0.717, 1.165) is 6.54 Å². The largest absolute Gasteiger partial charge is 0.377 e. The van der Waals surface area contributed by atoms with Crippen LogP contribution in [-0.2, 0) is 22.7 Å². The number of benzene rings is 1. The fourth-order valence-electron chi connectivity index (χ4n) is 1.70. The number of carbonyl (C=O) groups is 1. The summed E-state index contributed by atoms with van der Waals surface area (Å²) in [6.07, 6.45) is 0. The predicted octanol–water partition coefficient (Wildman–Crippen LogP) is 1.79. The van der Waals surface area contributed by atoms with Gasteiger partial charge in [0.15, 0.2) is 0 Å². The Morgan fingerprint density at radius 2 is 1.95 bits per heavy atom. The van der Waals surface area contributed by atoms with E-state index in [0.29, 0.717) is 26.3 Å². The van der Waals surface area contributed by atoms with Gasteiger partial charge in [0.2, 0.25) is 5.91 Å². The second-order valence-corrected chi connectivity index (χ2v) is 4.42. The van der Waals surface area contributed by atoms with Crippen LogP contribution >= 0.6 is 0 Å². The zero-order valence-corrected chi connectivity index (χ0v) is 12.1. The Labute approximate surface area is 115 Å². The number of nitrogens with one attached hydrogen (secondary N) is 1. The van der Waals surface area contributed by atoms with Crippen molar-refractivity contribution in [3.63, 3.8) is 0 Å². The van der Waals surface area contributed by atoms with Crippen molar-refractivity contribution < 1.29 is 9.53 Å². The maximum absolute atomic E-state index is 11.7. The lowest BCUT2D eigenvalue weighted by Crippen LogP contribution is -2.35. The van der Waals surface area contributed by atoms with E-state index in [9.17, 15) is 4.79 Å². The van der Waals surface area contributed by atoms with Gasteiger partial charge in [0.1, 0.15) is 0 Å². The number of hydrogen-bond donors (Lipinski definition) is 1. The van der Waals surface area contributed by atoms with Crippen LogP contribution in [-0.4, -0.2) is 37.6 Å². The van der Waals surface area contributed by atoms with Crippen LogP contribution in [0.3, 0.4) is 0 Å². The summed E-state index contributed by atoms with van der Waals surface area (Å²) in [5.74, 6) is 0.116. The number of nitrogens with zero attached hydrogens (tertiary/aromatic N) is 1. The van der Waals surface area contributed by atoms with Gasteiger partial charge in [-0.1, -0.05) is 24.3 Å². The van der Waals surface area contributed by atoms with Gasteiger partial charge in [0, 0.05) is 26.7 Å². The molecule has 1 aromatic carbocycles. The van der Waals surface area contributed by atoms with Crippen molar-refractivity contribution in [2.45, 2.75) is 27.0 Å². The van der Waals surface area contributed by atoms with Crippen LogP contribution in [0.5, 0.6) is 0 Å². The van der Waals surface area contributed by atoms with E-state index in [2.05, 4.69) is 17.4 Å². The summed E-state index contributed by atoms with van der Waals surface area (Å²) in [6, 6.07) is 8.14. The molecule has 0 aliphatic rings. The van der Waals surface area contributed by atoms with Crippen LogP contribution in [0.15, 0.2) is 24.3 Å². The minimum absolute atomic E-state index is 0.116. The molecule has 0 saturated heterocycles. The fraction of sp³-hybridized carbons (Fsp3) is 0.533. The molecule has 4 nitrogen and oxygen atoms in total. The zero-order valence-electron chi connectivity index (χ0n) is 12.1. The molecule has 1 rings (SSSR count). The zero-order chi connectivity index (χ0) is 14.1. The van der Waals surface area contributed by atoms with Crippen LogP contribution in [0.4, 0.5) is 0 Å². The first-order valence-corrected chi connectivity index (χ1v) is 6.78. The monoisotopic (exact) mass is 264 g/mol. The van der Waals surface area contributed by atoms with Crippen molar-refractivity contribution >= 4 is 5.91 Å². The molecule has 0 saturated carbocycles. The Bertz CT molecular complexity index is 393. The average molecular weight is 264 g/mol. The molecule has 0 aliphatic heterocycles. The first-order chi connectivity index (χ1) is 9.19. The predicted molar refractivity (Wildman–Crippen MR) is 76.8 cm³/mol. The molecule has 0 radical (unpaired) electrons. The van der Waals surface area contributed by atoms with Crippen LogP contribution < -0.4 is 5.32 Å². The first-order valence-electron chi connectivity index (χ1n) is 6.78. The van der Waals surface area contributed by atoms with Gasteiger partial charge in [-0.15, -0.1) is 0 Å². The van der Waals surface area contributed by atoms with Gasteiger partial charge >= 0.3 is 0 Å². The highest BCUT2D eigenvalue weighted by atomic mass is 16.5. The molecule has 1 aromatic rings. The average Bonchev–Trinajstić information content (AvgIpc) is 2.45. The molecule has 0 aliphatic carbocycles. The van der Waals surface area contributed by atoms with E-state index in [4.69, 9.17) is 4.74 Å². The minimum atomic E-state index is 0.116. The van der Waals surface area contributed by atoms with Crippen LogP contribution in [0.25, 0.3) is 0 Å². The molecule has 0 unspecified atom stereocenters. The highest BCUT2D eigenvalue weighted by Gasteiger charge is 2.06. The molecule has 0 heterocycles. The summed E-state index contributed by atoms with van der Waals surface area (Å²) in [5.41, 5.74) is 2.36. The Hall–Kier alpha value is -1.39. The van der Waals surface area contributed by atoms with Crippen molar-refractivity contribution in [2.24, 2.45) is 0 Å². The number of carbonyl (C=O) groups excluding carboxylic acids is 1. The van der Waals surface area contributed by atoms with Crippen LogP contribution in [0, 0.1) is 0 Å². The van der Waals surface area contributed by atoms with E-state index in [-0.39, 0.29) is 5.91 Å². The summed E-state index contributed by atoms with van der Waals surface area (Å²) in [7, 11) is 1.81. The SMILES string of the molecule is CCOCc1ccccc1CNCC(=O)N(C)CC.